The number of anilines is 1. The van der Waals surface area contributed by atoms with E-state index in [0.29, 0.717) is 23.4 Å². The molecule has 116 valence electrons. The predicted octanol–water partition coefficient (Wildman–Crippen LogP) is 1.62. The number of amides is 2. The third-order valence-corrected chi connectivity index (χ3v) is 3.25. The Morgan fingerprint density at radius 3 is 2.91 bits per heavy atom. The number of nitrogens with one attached hydrogen (secondary N) is 2. The molecule has 0 saturated heterocycles. The average Bonchev–Trinajstić information content (AvgIpc) is 3.00. The number of pyridine rings is 1. The van der Waals surface area contributed by atoms with Crippen molar-refractivity contribution in [1.82, 2.24) is 19.9 Å². The molecule has 0 atom stereocenters. The molecule has 1 aromatic carbocycles. The van der Waals surface area contributed by atoms with Gasteiger partial charge in [0.15, 0.2) is 5.65 Å². The molecule has 0 aliphatic carbocycles. The molecule has 2 N–H and O–H groups in total. The molecule has 23 heavy (non-hydrogen) atoms. The summed E-state index contributed by atoms with van der Waals surface area (Å²) >= 11 is 0. The quantitative estimate of drug-likeness (QED) is 0.766. The molecule has 2 heterocycles. The fraction of sp³-hybridized carbons (Fsp3) is 0.125. The number of hydrogen-bond donors (Lipinski definition) is 2. The molecular formula is C16H15N5O2. The summed E-state index contributed by atoms with van der Waals surface area (Å²) in [7, 11) is 0. The normalized spacial score (nSPS) is 10.5. The zero-order valence-corrected chi connectivity index (χ0v) is 12.5. The SMILES string of the molecule is CC(=O)Nc1cccc(CNC(=O)c2ccc3nncn3c2)c1. The lowest BCUT2D eigenvalue weighted by atomic mass is 10.2. The van der Waals surface area contributed by atoms with Gasteiger partial charge in [-0.05, 0) is 29.8 Å². The number of hydrogen-bond acceptors (Lipinski definition) is 4. The van der Waals surface area contributed by atoms with Crippen LogP contribution >= 0.6 is 0 Å². The Morgan fingerprint density at radius 1 is 1.22 bits per heavy atom. The minimum Gasteiger partial charge on any atom is -0.348 e. The molecular weight excluding hydrogens is 294 g/mol. The van der Waals surface area contributed by atoms with Gasteiger partial charge in [-0.2, -0.15) is 0 Å². The lowest BCUT2D eigenvalue weighted by Crippen LogP contribution is -2.23. The van der Waals surface area contributed by atoms with E-state index in [-0.39, 0.29) is 11.8 Å². The third kappa shape index (κ3) is 3.52. The van der Waals surface area contributed by atoms with Gasteiger partial charge < -0.3 is 10.6 Å². The van der Waals surface area contributed by atoms with E-state index in [2.05, 4.69) is 20.8 Å². The first kappa shape index (κ1) is 14.7. The first-order valence-corrected chi connectivity index (χ1v) is 7.06. The van der Waals surface area contributed by atoms with Crippen molar-refractivity contribution in [2.24, 2.45) is 0 Å². The highest BCUT2D eigenvalue weighted by Gasteiger charge is 2.07. The molecule has 7 nitrogen and oxygen atoms in total. The van der Waals surface area contributed by atoms with Gasteiger partial charge in [0.25, 0.3) is 5.91 Å². The van der Waals surface area contributed by atoms with E-state index >= 15 is 0 Å². The van der Waals surface area contributed by atoms with Crippen molar-refractivity contribution in [3.05, 3.63) is 60.0 Å². The van der Waals surface area contributed by atoms with E-state index in [4.69, 9.17) is 0 Å². The van der Waals surface area contributed by atoms with Crippen molar-refractivity contribution in [3.63, 3.8) is 0 Å². The van der Waals surface area contributed by atoms with E-state index in [1.165, 1.54) is 6.92 Å². The highest BCUT2D eigenvalue weighted by molar-refractivity contribution is 5.94. The van der Waals surface area contributed by atoms with Crippen LogP contribution < -0.4 is 10.6 Å². The Hall–Kier alpha value is -3.22. The second-order valence-corrected chi connectivity index (χ2v) is 5.08. The molecule has 7 heteroatoms. The minimum atomic E-state index is -0.189. The van der Waals surface area contributed by atoms with Crippen molar-refractivity contribution in [3.8, 4) is 0 Å². The van der Waals surface area contributed by atoms with Crippen LogP contribution in [0.2, 0.25) is 0 Å². The summed E-state index contributed by atoms with van der Waals surface area (Å²) in [6.07, 6.45) is 3.22. The van der Waals surface area contributed by atoms with Crippen molar-refractivity contribution in [2.75, 3.05) is 5.32 Å². The molecule has 0 fully saturated rings. The lowest BCUT2D eigenvalue weighted by Gasteiger charge is -2.08. The van der Waals surface area contributed by atoms with Gasteiger partial charge >= 0.3 is 0 Å². The molecule has 3 rings (SSSR count). The Balaban J connectivity index is 1.67. The van der Waals surface area contributed by atoms with Gasteiger partial charge in [-0.3, -0.25) is 14.0 Å². The summed E-state index contributed by atoms with van der Waals surface area (Å²) in [6, 6.07) is 10.8. The summed E-state index contributed by atoms with van der Waals surface area (Å²) in [6.45, 7) is 1.82. The monoisotopic (exact) mass is 309 g/mol. The Labute approximate surface area is 132 Å². The Kier molecular flexibility index (Phi) is 4.01. The maximum absolute atomic E-state index is 12.2. The first-order valence-electron chi connectivity index (χ1n) is 7.06. The first-order chi connectivity index (χ1) is 11.1. The van der Waals surface area contributed by atoms with Crippen LogP contribution in [0.3, 0.4) is 0 Å². The van der Waals surface area contributed by atoms with Gasteiger partial charge in [0.1, 0.15) is 6.33 Å². The second-order valence-electron chi connectivity index (χ2n) is 5.08. The zero-order chi connectivity index (χ0) is 16.2. The molecule has 0 bridgehead atoms. The fourth-order valence-electron chi connectivity index (χ4n) is 2.21. The molecule has 0 spiro atoms. The van der Waals surface area contributed by atoms with Crippen LogP contribution in [0.25, 0.3) is 5.65 Å². The molecule has 0 saturated carbocycles. The number of aromatic nitrogens is 3. The van der Waals surface area contributed by atoms with Gasteiger partial charge in [0.05, 0.1) is 5.56 Å². The smallest absolute Gasteiger partial charge is 0.253 e. The number of nitrogens with zero attached hydrogens (tertiary/aromatic N) is 3. The summed E-state index contributed by atoms with van der Waals surface area (Å²) in [4.78, 5) is 23.3. The second kappa shape index (κ2) is 6.27. The van der Waals surface area contributed by atoms with E-state index in [9.17, 15) is 9.59 Å². The van der Waals surface area contributed by atoms with Gasteiger partial charge in [0, 0.05) is 25.4 Å². The van der Waals surface area contributed by atoms with E-state index in [1.807, 2.05) is 18.2 Å². The largest absolute Gasteiger partial charge is 0.348 e. The number of carbonyl (C=O) groups excluding carboxylic acids is 2. The topological polar surface area (TPSA) is 88.4 Å². The van der Waals surface area contributed by atoms with Crippen LogP contribution in [0.5, 0.6) is 0 Å². The maximum atomic E-state index is 12.2. The van der Waals surface area contributed by atoms with E-state index in [1.54, 1.807) is 35.1 Å². The predicted molar refractivity (Wildman–Crippen MR) is 84.9 cm³/mol. The number of carbonyl (C=O) groups is 2. The highest BCUT2D eigenvalue weighted by atomic mass is 16.2. The Bertz CT molecular complexity index is 872. The van der Waals surface area contributed by atoms with Crippen molar-refractivity contribution < 1.29 is 9.59 Å². The molecule has 0 aliphatic rings. The van der Waals surface area contributed by atoms with Gasteiger partial charge in [0.2, 0.25) is 5.91 Å². The van der Waals surface area contributed by atoms with Crippen LogP contribution in [-0.4, -0.2) is 26.4 Å². The number of benzene rings is 1. The third-order valence-electron chi connectivity index (χ3n) is 3.25. The highest BCUT2D eigenvalue weighted by Crippen LogP contribution is 2.11. The Morgan fingerprint density at radius 2 is 2.09 bits per heavy atom. The van der Waals surface area contributed by atoms with Crippen LogP contribution in [0.15, 0.2) is 48.9 Å². The minimum absolute atomic E-state index is 0.131. The lowest BCUT2D eigenvalue weighted by molar-refractivity contribution is -0.114. The van der Waals surface area contributed by atoms with Gasteiger partial charge in [-0.15, -0.1) is 10.2 Å². The van der Waals surface area contributed by atoms with Crippen LogP contribution in [0.1, 0.15) is 22.8 Å². The molecule has 0 unspecified atom stereocenters. The fourth-order valence-corrected chi connectivity index (χ4v) is 2.21. The van der Waals surface area contributed by atoms with Crippen molar-refractivity contribution >= 4 is 23.1 Å². The van der Waals surface area contributed by atoms with E-state index in [0.717, 1.165) is 5.56 Å². The van der Waals surface area contributed by atoms with Crippen LogP contribution in [0.4, 0.5) is 5.69 Å². The van der Waals surface area contributed by atoms with Crippen molar-refractivity contribution in [2.45, 2.75) is 13.5 Å². The molecule has 3 aromatic rings. The molecule has 2 aromatic heterocycles. The molecule has 0 radical (unpaired) electrons. The standard InChI is InChI=1S/C16H15N5O2/c1-11(22)19-14-4-2-3-12(7-14)8-17-16(23)13-5-6-15-20-18-10-21(15)9-13/h2-7,9-10H,8H2,1H3,(H,17,23)(H,19,22). The summed E-state index contributed by atoms with van der Waals surface area (Å²) in [5.74, 6) is -0.320. The van der Waals surface area contributed by atoms with Gasteiger partial charge in [-0.1, -0.05) is 12.1 Å². The zero-order valence-electron chi connectivity index (χ0n) is 12.5. The summed E-state index contributed by atoms with van der Waals surface area (Å²) in [5.41, 5.74) is 2.81. The average molecular weight is 309 g/mol. The number of fused-ring (bicyclic) bond motifs is 1. The number of rotatable bonds is 4. The maximum Gasteiger partial charge on any atom is 0.253 e. The summed E-state index contributed by atoms with van der Waals surface area (Å²) in [5, 5.41) is 13.2. The van der Waals surface area contributed by atoms with Crippen LogP contribution in [-0.2, 0) is 11.3 Å². The van der Waals surface area contributed by atoms with E-state index < -0.39 is 0 Å². The summed E-state index contributed by atoms with van der Waals surface area (Å²) < 4.78 is 1.69. The van der Waals surface area contributed by atoms with Gasteiger partial charge in [-0.25, -0.2) is 0 Å². The molecule has 2 amide bonds. The van der Waals surface area contributed by atoms with Crippen molar-refractivity contribution in [1.29, 1.82) is 0 Å². The molecule has 0 aliphatic heterocycles. The van der Waals surface area contributed by atoms with Crippen LogP contribution in [0, 0.1) is 0 Å².